The van der Waals surface area contributed by atoms with E-state index in [1.165, 1.54) is 44.9 Å². The molecule has 2 atom stereocenters. The van der Waals surface area contributed by atoms with Crippen molar-refractivity contribution in [2.75, 3.05) is 25.0 Å². The van der Waals surface area contributed by atoms with Crippen molar-refractivity contribution in [3.63, 3.8) is 0 Å². The first-order valence-corrected chi connectivity index (χ1v) is 13.4. The summed E-state index contributed by atoms with van der Waals surface area (Å²) in [6.45, 7) is 4.09. The van der Waals surface area contributed by atoms with Gasteiger partial charge in [0.15, 0.2) is 0 Å². The highest BCUT2D eigenvalue weighted by Crippen LogP contribution is 2.31. The van der Waals surface area contributed by atoms with Gasteiger partial charge in [-0.2, -0.15) is 0 Å². The maximum Gasteiger partial charge on any atom is 0.226 e. The summed E-state index contributed by atoms with van der Waals surface area (Å²) in [5.74, 6) is 1.18. The van der Waals surface area contributed by atoms with Gasteiger partial charge in [-0.1, -0.05) is 63.6 Å². The first-order valence-electron chi connectivity index (χ1n) is 13.4. The van der Waals surface area contributed by atoms with Gasteiger partial charge in [-0.05, 0) is 50.3 Å². The second kappa shape index (κ2) is 11.5. The van der Waals surface area contributed by atoms with Crippen molar-refractivity contribution < 1.29 is 9.59 Å². The van der Waals surface area contributed by atoms with E-state index in [0.717, 1.165) is 49.5 Å². The Bertz CT molecular complexity index is 804. The Morgan fingerprint density at radius 3 is 2.45 bits per heavy atom. The third-order valence-electron chi connectivity index (χ3n) is 8.43. The number of hydrogen-bond donors (Lipinski definition) is 0. The number of carbonyl (C=O) groups excluding carboxylic acids is 2. The van der Waals surface area contributed by atoms with Crippen LogP contribution in [-0.4, -0.2) is 53.8 Å². The predicted molar refractivity (Wildman–Crippen MR) is 134 cm³/mol. The summed E-state index contributed by atoms with van der Waals surface area (Å²) in [4.78, 5) is 33.1. The first kappa shape index (κ1) is 24.3. The van der Waals surface area contributed by atoms with Crippen LogP contribution in [0.15, 0.2) is 24.3 Å². The van der Waals surface area contributed by atoms with Crippen LogP contribution in [0.1, 0.15) is 89.5 Å². The Morgan fingerprint density at radius 2 is 1.67 bits per heavy atom. The zero-order chi connectivity index (χ0) is 23.2. The van der Waals surface area contributed by atoms with Crippen molar-refractivity contribution in [2.45, 2.75) is 103 Å². The molecule has 1 saturated heterocycles. The molecule has 1 saturated carbocycles. The number of fused-ring (bicyclic) bond motifs is 3. The molecule has 1 aromatic carbocycles. The summed E-state index contributed by atoms with van der Waals surface area (Å²) in [5.41, 5.74) is 2.10. The Hall–Kier alpha value is -1.88. The minimum atomic E-state index is 0.173. The third kappa shape index (κ3) is 5.98. The molecule has 4 rings (SSSR count). The topological polar surface area (TPSA) is 43.9 Å². The number of anilines is 1. The van der Waals surface area contributed by atoms with Crippen molar-refractivity contribution in [3.8, 4) is 0 Å². The molecule has 5 heteroatoms. The van der Waals surface area contributed by atoms with E-state index in [9.17, 15) is 9.59 Å². The van der Waals surface area contributed by atoms with Crippen LogP contribution < -0.4 is 4.90 Å². The Balaban J connectivity index is 1.59. The second-order valence-electron chi connectivity index (χ2n) is 10.5. The van der Waals surface area contributed by atoms with E-state index >= 15 is 0 Å². The smallest absolute Gasteiger partial charge is 0.226 e. The van der Waals surface area contributed by atoms with Crippen molar-refractivity contribution in [2.24, 2.45) is 5.92 Å². The van der Waals surface area contributed by atoms with Crippen molar-refractivity contribution >= 4 is 17.5 Å². The van der Waals surface area contributed by atoms with Gasteiger partial charge in [0.2, 0.25) is 11.8 Å². The number of likely N-dealkylation sites (N-methyl/N-ethyl adjacent to an activating group) is 1. The molecule has 3 aliphatic rings. The van der Waals surface area contributed by atoms with Crippen LogP contribution in [0, 0.1) is 5.92 Å². The highest BCUT2D eigenvalue weighted by Gasteiger charge is 2.32. The number of hydrogen-bond acceptors (Lipinski definition) is 3. The Morgan fingerprint density at radius 1 is 0.909 bits per heavy atom. The van der Waals surface area contributed by atoms with Gasteiger partial charge >= 0.3 is 0 Å². The van der Waals surface area contributed by atoms with Gasteiger partial charge in [0, 0.05) is 50.2 Å². The van der Waals surface area contributed by atoms with Crippen LogP contribution in [0.4, 0.5) is 5.69 Å². The molecule has 0 radical (unpaired) electrons. The van der Waals surface area contributed by atoms with Gasteiger partial charge in [-0.15, -0.1) is 0 Å². The summed E-state index contributed by atoms with van der Waals surface area (Å²) in [6, 6.07) is 9.13. The van der Waals surface area contributed by atoms with Crippen LogP contribution in [0.2, 0.25) is 0 Å². The van der Waals surface area contributed by atoms with Crippen LogP contribution >= 0.6 is 0 Å². The standard InChI is InChI=1S/C28H43N3O2/c1-3-27(32)31-19-18-24-13-9-14-25(29(24)2)21-30(20-23-12-7-8-15-26(23)31)28(33)17-16-22-10-5-4-6-11-22/h7-8,12,15,22,24-25H,3-6,9-11,13-14,16-21H2,1-2H3. The fraction of sp³-hybridized carbons (Fsp3) is 0.714. The van der Waals surface area contributed by atoms with Gasteiger partial charge in [0.05, 0.1) is 0 Å². The van der Waals surface area contributed by atoms with Crippen LogP contribution in [0.5, 0.6) is 0 Å². The fourth-order valence-electron chi connectivity index (χ4n) is 6.29. The minimum absolute atomic E-state index is 0.173. The number of amides is 2. The predicted octanol–water partition coefficient (Wildman–Crippen LogP) is 5.38. The zero-order valence-corrected chi connectivity index (χ0v) is 20.8. The van der Waals surface area contributed by atoms with Crippen LogP contribution in [0.3, 0.4) is 0 Å². The summed E-state index contributed by atoms with van der Waals surface area (Å²) in [5, 5.41) is 0. The van der Waals surface area contributed by atoms with Gasteiger partial charge in [-0.3, -0.25) is 14.5 Å². The molecule has 1 aliphatic carbocycles. The molecule has 2 bridgehead atoms. The number of carbonyl (C=O) groups is 2. The quantitative estimate of drug-likeness (QED) is 0.615. The molecule has 2 amide bonds. The summed E-state index contributed by atoms with van der Waals surface area (Å²) >= 11 is 0. The molecule has 1 aromatic rings. The third-order valence-corrected chi connectivity index (χ3v) is 8.43. The highest BCUT2D eigenvalue weighted by atomic mass is 16.2. The van der Waals surface area contributed by atoms with Gasteiger partial charge < -0.3 is 9.80 Å². The minimum Gasteiger partial charge on any atom is -0.337 e. The lowest BCUT2D eigenvalue weighted by Gasteiger charge is -2.42. The zero-order valence-electron chi connectivity index (χ0n) is 20.8. The molecule has 2 fully saturated rings. The highest BCUT2D eigenvalue weighted by molar-refractivity contribution is 5.94. The Labute approximate surface area is 200 Å². The van der Waals surface area contributed by atoms with E-state index in [1.54, 1.807) is 0 Å². The van der Waals surface area contributed by atoms with E-state index in [2.05, 4.69) is 29.0 Å². The molecule has 2 unspecified atom stereocenters. The molecular weight excluding hydrogens is 410 g/mol. The van der Waals surface area contributed by atoms with Gasteiger partial charge in [0.25, 0.3) is 0 Å². The monoisotopic (exact) mass is 453 g/mol. The second-order valence-corrected chi connectivity index (χ2v) is 10.5. The van der Waals surface area contributed by atoms with Crippen molar-refractivity contribution in [1.82, 2.24) is 9.80 Å². The van der Waals surface area contributed by atoms with E-state index < -0.39 is 0 Å². The van der Waals surface area contributed by atoms with Crippen molar-refractivity contribution in [3.05, 3.63) is 29.8 Å². The molecule has 0 aromatic heterocycles. The maximum absolute atomic E-state index is 13.6. The summed E-state index contributed by atoms with van der Waals surface area (Å²) in [6.07, 6.45) is 13.3. The molecule has 0 spiro atoms. The molecule has 2 aliphatic heterocycles. The average Bonchev–Trinajstić information content (AvgIpc) is 2.86. The molecule has 33 heavy (non-hydrogen) atoms. The number of rotatable bonds is 4. The van der Waals surface area contributed by atoms with E-state index in [1.807, 2.05) is 24.0 Å². The molecule has 182 valence electrons. The molecule has 2 heterocycles. The number of piperidine rings is 1. The largest absolute Gasteiger partial charge is 0.337 e. The lowest BCUT2D eigenvalue weighted by molar-refractivity contribution is -0.133. The van der Waals surface area contributed by atoms with Gasteiger partial charge in [-0.25, -0.2) is 0 Å². The molecule has 5 nitrogen and oxygen atoms in total. The summed E-state index contributed by atoms with van der Waals surface area (Å²) < 4.78 is 0. The average molecular weight is 454 g/mol. The number of para-hydroxylation sites is 1. The number of nitrogens with zero attached hydrogens (tertiary/aromatic N) is 3. The van der Waals surface area contributed by atoms with E-state index in [4.69, 9.17) is 0 Å². The lowest BCUT2D eigenvalue weighted by atomic mass is 9.86. The fourth-order valence-corrected chi connectivity index (χ4v) is 6.29. The van der Waals surface area contributed by atoms with Gasteiger partial charge in [0.1, 0.15) is 0 Å². The molecule has 0 N–H and O–H groups in total. The summed E-state index contributed by atoms with van der Waals surface area (Å²) in [7, 11) is 2.23. The number of benzene rings is 1. The van der Waals surface area contributed by atoms with Crippen molar-refractivity contribution in [1.29, 1.82) is 0 Å². The normalized spacial score (nSPS) is 25.3. The van der Waals surface area contributed by atoms with E-state index in [-0.39, 0.29) is 5.91 Å². The lowest BCUT2D eigenvalue weighted by Crippen LogP contribution is -2.50. The first-order chi connectivity index (χ1) is 16.1. The van der Waals surface area contributed by atoms with Crippen LogP contribution in [-0.2, 0) is 16.1 Å². The SMILES string of the molecule is CCC(=O)N1CCC2CCCC(CN(C(=O)CCC3CCCCC3)Cc3ccccc31)N2C. The molecular formula is C28H43N3O2. The van der Waals surface area contributed by atoms with E-state index in [0.29, 0.717) is 37.4 Å². The Kier molecular flexibility index (Phi) is 8.45. The maximum atomic E-state index is 13.6. The van der Waals surface area contributed by atoms with Crippen LogP contribution in [0.25, 0.3) is 0 Å².